The van der Waals surface area contributed by atoms with Crippen LogP contribution in [0, 0.1) is 17.2 Å². The van der Waals surface area contributed by atoms with Crippen molar-refractivity contribution in [1.29, 1.82) is 5.26 Å². The minimum atomic E-state index is -0.314. The summed E-state index contributed by atoms with van der Waals surface area (Å²) in [6.45, 7) is 2.15. The average molecular weight is 328 g/mol. The fraction of sp³-hybridized carbons (Fsp3) is 0.474. The van der Waals surface area contributed by atoms with E-state index in [9.17, 15) is 10.1 Å². The first-order chi connectivity index (χ1) is 11.6. The molecule has 1 N–H and O–H groups in total. The molecule has 1 aliphatic rings. The van der Waals surface area contributed by atoms with Crippen molar-refractivity contribution in [3.63, 3.8) is 0 Å². The smallest absolute Gasteiger partial charge is 0.262 e. The van der Waals surface area contributed by atoms with Crippen LogP contribution in [-0.2, 0) is 4.79 Å². The van der Waals surface area contributed by atoms with E-state index in [2.05, 4.69) is 12.2 Å². The Balaban J connectivity index is 2.16. The van der Waals surface area contributed by atoms with Crippen LogP contribution in [0.1, 0.15) is 38.2 Å². The van der Waals surface area contributed by atoms with Gasteiger partial charge in [0.1, 0.15) is 11.6 Å². The summed E-state index contributed by atoms with van der Waals surface area (Å²) < 4.78 is 10.4. The van der Waals surface area contributed by atoms with Crippen LogP contribution in [0.2, 0.25) is 0 Å². The van der Waals surface area contributed by atoms with Gasteiger partial charge in [-0.25, -0.2) is 0 Å². The summed E-state index contributed by atoms with van der Waals surface area (Å²) in [5.74, 6) is 1.30. The molecule has 1 saturated carbocycles. The molecule has 2 atom stereocenters. The summed E-state index contributed by atoms with van der Waals surface area (Å²) in [5, 5.41) is 12.4. The van der Waals surface area contributed by atoms with Gasteiger partial charge in [-0.15, -0.1) is 0 Å². The lowest BCUT2D eigenvalue weighted by molar-refractivity contribution is -0.118. The van der Waals surface area contributed by atoms with Crippen molar-refractivity contribution < 1.29 is 14.3 Å². The maximum Gasteiger partial charge on any atom is 0.262 e. The molecular weight excluding hydrogens is 304 g/mol. The normalized spacial score (nSPS) is 20.8. The number of hydrogen-bond donors (Lipinski definition) is 1. The molecule has 5 nitrogen and oxygen atoms in total. The van der Waals surface area contributed by atoms with Gasteiger partial charge in [-0.2, -0.15) is 5.26 Å². The largest absolute Gasteiger partial charge is 0.493 e. The lowest BCUT2D eigenvalue weighted by Crippen LogP contribution is -2.41. The number of methoxy groups -OCH3 is 2. The van der Waals surface area contributed by atoms with Crippen molar-refractivity contribution in [3.05, 3.63) is 29.3 Å². The van der Waals surface area contributed by atoms with Gasteiger partial charge in [0.15, 0.2) is 11.5 Å². The first kappa shape index (κ1) is 17.9. The number of rotatable bonds is 5. The predicted molar refractivity (Wildman–Crippen MR) is 92.7 cm³/mol. The van der Waals surface area contributed by atoms with E-state index in [1.165, 1.54) is 6.42 Å². The number of amides is 1. The van der Waals surface area contributed by atoms with E-state index in [0.717, 1.165) is 24.8 Å². The maximum absolute atomic E-state index is 12.4. The lowest BCUT2D eigenvalue weighted by atomic mass is 9.86. The number of benzene rings is 1. The third-order valence-corrected chi connectivity index (χ3v) is 4.51. The van der Waals surface area contributed by atoms with Gasteiger partial charge in [0.2, 0.25) is 0 Å². The Labute approximate surface area is 143 Å². The van der Waals surface area contributed by atoms with Crippen LogP contribution < -0.4 is 14.8 Å². The molecule has 1 aliphatic carbocycles. The van der Waals surface area contributed by atoms with E-state index < -0.39 is 0 Å². The summed E-state index contributed by atoms with van der Waals surface area (Å²) in [6.07, 6.45) is 6.00. The number of nitriles is 1. The highest BCUT2D eigenvalue weighted by Gasteiger charge is 2.24. The summed E-state index contributed by atoms with van der Waals surface area (Å²) in [5.41, 5.74) is 0.816. The molecule has 0 heterocycles. The molecule has 0 aromatic heterocycles. The van der Waals surface area contributed by atoms with Crippen molar-refractivity contribution in [1.82, 2.24) is 5.32 Å². The van der Waals surface area contributed by atoms with Gasteiger partial charge in [-0.05, 0) is 42.5 Å². The van der Waals surface area contributed by atoms with Crippen molar-refractivity contribution in [2.45, 2.75) is 38.6 Å². The van der Waals surface area contributed by atoms with Crippen LogP contribution in [0.15, 0.2) is 23.8 Å². The molecule has 0 saturated heterocycles. The van der Waals surface area contributed by atoms with Crippen molar-refractivity contribution in [2.24, 2.45) is 5.92 Å². The topological polar surface area (TPSA) is 71.3 Å². The quantitative estimate of drug-likeness (QED) is 0.665. The number of hydrogen-bond acceptors (Lipinski definition) is 4. The van der Waals surface area contributed by atoms with Crippen LogP contribution in [0.3, 0.4) is 0 Å². The van der Waals surface area contributed by atoms with E-state index >= 15 is 0 Å². The summed E-state index contributed by atoms with van der Waals surface area (Å²) >= 11 is 0. The van der Waals surface area contributed by atoms with Gasteiger partial charge in [-0.3, -0.25) is 4.79 Å². The zero-order valence-corrected chi connectivity index (χ0v) is 14.5. The molecule has 0 aliphatic heterocycles. The zero-order chi connectivity index (χ0) is 17.5. The first-order valence-electron chi connectivity index (χ1n) is 8.23. The molecule has 1 aromatic carbocycles. The van der Waals surface area contributed by atoms with Crippen molar-refractivity contribution >= 4 is 12.0 Å². The number of carbonyl (C=O) groups is 1. The molecule has 0 unspecified atom stereocenters. The van der Waals surface area contributed by atoms with E-state index in [1.54, 1.807) is 38.5 Å². The first-order valence-corrected chi connectivity index (χ1v) is 8.23. The van der Waals surface area contributed by atoms with Crippen LogP contribution in [-0.4, -0.2) is 26.2 Å². The molecular formula is C19H24N2O3. The number of carbonyl (C=O) groups excluding carboxylic acids is 1. The van der Waals surface area contributed by atoms with Crippen LogP contribution in [0.5, 0.6) is 11.5 Å². The fourth-order valence-corrected chi connectivity index (χ4v) is 3.03. The Morgan fingerprint density at radius 1 is 1.25 bits per heavy atom. The Bertz CT molecular complexity index is 661. The molecule has 5 heteroatoms. The second-order valence-corrected chi connectivity index (χ2v) is 6.13. The Kier molecular flexibility index (Phi) is 6.25. The van der Waals surface area contributed by atoms with Gasteiger partial charge < -0.3 is 14.8 Å². The molecule has 128 valence electrons. The van der Waals surface area contributed by atoms with Gasteiger partial charge in [0.25, 0.3) is 5.91 Å². The van der Waals surface area contributed by atoms with Crippen molar-refractivity contribution in [3.8, 4) is 17.6 Å². The Morgan fingerprint density at radius 3 is 2.58 bits per heavy atom. The highest BCUT2D eigenvalue weighted by atomic mass is 16.5. The molecule has 2 rings (SSSR count). The van der Waals surface area contributed by atoms with E-state index in [4.69, 9.17) is 9.47 Å². The summed E-state index contributed by atoms with van der Waals surface area (Å²) in [6, 6.07) is 7.42. The Hall–Kier alpha value is -2.48. The van der Waals surface area contributed by atoms with Crippen LogP contribution >= 0.6 is 0 Å². The molecule has 0 bridgehead atoms. The molecule has 24 heavy (non-hydrogen) atoms. The highest BCUT2D eigenvalue weighted by molar-refractivity contribution is 6.01. The van der Waals surface area contributed by atoms with Crippen molar-refractivity contribution in [2.75, 3.05) is 14.2 Å². The van der Waals surface area contributed by atoms with E-state index in [1.807, 2.05) is 6.07 Å². The number of ether oxygens (including phenoxy) is 2. The minimum Gasteiger partial charge on any atom is -0.493 e. The molecule has 1 fully saturated rings. The van der Waals surface area contributed by atoms with E-state index in [-0.39, 0.29) is 17.5 Å². The van der Waals surface area contributed by atoms with Crippen LogP contribution in [0.25, 0.3) is 6.08 Å². The third kappa shape index (κ3) is 4.29. The maximum atomic E-state index is 12.4. The van der Waals surface area contributed by atoms with Gasteiger partial charge in [0, 0.05) is 6.04 Å². The predicted octanol–water partition coefficient (Wildman–Crippen LogP) is 3.31. The number of nitrogens with one attached hydrogen (secondary N) is 1. The molecule has 0 spiro atoms. The Morgan fingerprint density at radius 2 is 1.96 bits per heavy atom. The lowest BCUT2D eigenvalue weighted by Gasteiger charge is -2.29. The van der Waals surface area contributed by atoms with Gasteiger partial charge in [-0.1, -0.05) is 25.8 Å². The monoisotopic (exact) mass is 328 g/mol. The summed E-state index contributed by atoms with van der Waals surface area (Å²) in [7, 11) is 3.11. The summed E-state index contributed by atoms with van der Waals surface area (Å²) in [4.78, 5) is 12.4. The van der Waals surface area contributed by atoms with E-state index in [0.29, 0.717) is 17.4 Å². The highest BCUT2D eigenvalue weighted by Crippen LogP contribution is 2.28. The average Bonchev–Trinajstić information content (AvgIpc) is 2.61. The van der Waals surface area contributed by atoms with Gasteiger partial charge >= 0.3 is 0 Å². The molecule has 1 amide bonds. The second kappa shape index (κ2) is 8.39. The zero-order valence-electron chi connectivity index (χ0n) is 14.5. The standard InChI is InChI=1S/C19H24N2O3/c1-13-6-4-5-7-16(13)21-19(22)15(12-20)10-14-8-9-17(23-2)18(11-14)24-3/h8-11,13,16H,4-7H2,1-3H3,(H,21,22)/b15-10+/t13-,16-/m1/s1. The fourth-order valence-electron chi connectivity index (χ4n) is 3.03. The minimum absolute atomic E-state index is 0.0972. The SMILES string of the molecule is COc1ccc(/C=C(\C#N)C(=O)N[C@@H]2CCCC[C@H]2C)cc1OC. The van der Waals surface area contributed by atoms with Crippen LogP contribution in [0.4, 0.5) is 0 Å². The number of nitrogens with zero attached hydrogens (tertiary/aromatic N) is 1. The second-order valence-electron chi connectivity index (χ2n) is 6.13. The van der Waals surface area contributed by atoms with Gasteiger partial charge in [0.05, 0.1) is 14.2 Å². The molecule has 1 aromatic rings. The third-order valence-electron chi connectivity index (χ3n) is 4.51. The molecule has 0 radical (unpaired) electrons.